The Bertz CT molecular complexity index is 750. The van der Waals surface area contributed by atoms with Crippen LogP contribution in [0.3, 0.4) is 0 Å². The second-order valence-electron chi connectivity index (χ2n) is 11.3. The first-order valence-electron chi connectivity index (χ1n) is 13.2. The van der Waals surface area contributed by atoms with Crippen molar-refractivity contribution in [1.82, 2.24) is 10.6 Å². The van der Waals surface area contributed by atoms with Crippen molar-refractivity contribution in [1.29, 1.82) is 0 Å². The highest BCUT2D eigenvalue weighted by Gasteiger charge is 2.75. The molecule has 0 aromatic rings. The van der Waals surface area contributed by atoms with Crippen LogP contribution in [0.4, 0.5) is 0 Å². The highest BCUT2D eigenvalue weighted by molar-refractivity contribution is 5.30. The fourth-order valence-corrected chi connectivity index (χ4v) is 7.72. The van der Waals surface area contributed by atoms with Crippen LogP contribution < -0.4 is 16.4 Å². The molecular weight excluding hydrogens is 378 g/mol. The van der Waals surface area contributed by atoms with Gasteiger partial charge in [0.1, 0.15) is 0 Å². The van der Waals surface area contributed by atoms with Crippen LogP contribution in [-0.2, 0) is 0 Å². The van der Waals surface area contributed by atoms with E-state index in [2.05, 4.69) is 59.2 Å². The molecule has 0 aromatic heterocycles. The molecule has 0 amide bonds. The summed E-state index contributed by atoms with van der Waals surface area (Å²) in [5.74, 6) is 8.21. The zero-order chi connectivity index (χ0) is 20.8. The Kier molecular flexibility index (Phi) is 5.70. The monoisotopic (exact) mass is 419 g/mol. The van der Waals surface area contributed by atoms with Crippen LogP contribution in [0.15, 0.2) is 48.6 Å². The molecule has 2 saturated carbocycles. The van der Waals surface area contributed by atoms with Gasteiger partial charge in [0.15, 0.2) is 0 Å². The van der Waals surface area contributed by atoms with E-state index in [1.165, 1.54) is 45.2 Å². The van der Waals surface area contributed by atoms with Crippen LogP contribution in [0.2, 0.25) is 0 Å². The molecule has 3 nitrogen and oxygen atoms in total. The third-order valence-corrected chi connectivity index (χ3v) is 9.63. The number of hydrogen-bond acceptors (Lipinski definition) is 3. The maximum absolute atomic E-state index is 5.55. The van der Waals surface area contributed by atoms with E-state index in [1.807, 2.05) is 0 Å². The molecule has 2 aliphatic heterocycles. The number of hydrogen-bond donors (Lipinski definition) is 3. The average Bonchev–Trinajstić information content (AvgIpc) is 3.53. The van der Waals surface area contributed by atoms with E-state index < -0.39 is 0 Å². The first-order chi connectivity index (χ1) is 15.3. The molecule has 2 heterocycles. The predicted molar refractivity (Wildman–Crippen MR) is 128 cm³/mol. The zero-order valence-corrected chi connectivity index (χ0v) is 18.9. The van der Waals surface area contributed by atoms with Gasteiger partial charge in [0, 0.05) is 18.6 Å². The Labute approximate surface area is 188 Å². The third kappa shape index (κ3) is 4.03. The van der Waals surface area contributed by atoms with Crippen LogP contribution in [0, 0.1) is 53.3 Å². The van der Waals surface area contributed by atoms with Crippen LogP contribution in [0.5, 0.6) is 0 Å². The van der Waals surface area contributed by atoms with Gasteiger partial charge in [-0.1, -0.05) is 48.6 Å². The summed E-state index contributed by atoms with van der Waals surface area (Å²) < 4.78 is 0. The van der Waals surface area contributed by atoms with E-state index in [0.29, 0.717) is 18.6 Å². The maximum atomic E-state index is 5.55. The Hall–Kier alpha value is -1.16. The fraction of sp³-hybridized carbons (Fsp3) is 0.714. The van der Waals surface area contributed by atoms with E-state index >= 15 is 0 Å². The van der Waals surface area contributed by atoms with Gasteiger partial charge in [0.25, 0.3) is 0 Å². The molecule has 9 unspecified atom stereocenters. The van der Waals surface area contributed by atoms with E-state index in [0.717, 1.165) is 59.7 Å². The lowest BCUT2D eigenvalue weighted by molar-refractivity contribution is 0.271. The highest BCUT2D eigenvalue weighted by Crippen LogP contribution is 2.77. The van der Waals surface area contributed by atoms with E-state index in [9.17, 15) is 0 Å². The van der Waals surface area contributed by atoms with Crippen molar-refractivity contribution in [3.05, 3.63) is 48.6 Å². The third-order valence-electron chi connectivity index (χ3n) is 9.63. The molecule has 6 rings (SSSR count). The minimum absolute atomic E-state index is 0.523. The van der Waals surface area contributed by atoms with Gasteiger partial charge < -0.3 is 16.4 Å². The molecule has 3 fully saturated rings. The second kappa shape index (κ2) is 8.65. The Morgan fingerprint density at radius 2 is 1.42 bits per heavy atom. The summed E-state index contributed by atoms with van der Waals surface area (Å²) in [5.41, 5.74) is 5.55. The topological polar surface area (TPSA) is 50.1 Å². The van der Waals surface area contributed by atoms with Gasteiger partial charge in [-0.2, -0.15) is 0 Å². The number of nitrogens with one attached hydrogen (secondary N) is 2. The summed E-state index contributed by atoms with van der Waals surface area (Å²) in [6.07, 6.45) is 27.7. The number of allylic oxidation sites excluding steroid dienone is 4. The lowest BCUT2D eigenvalue weighted by Gasteiger charge is -2.34. The first kappa shape index (κ1) is 20.4. The van der Waals surface area contributed by atoms with Crippen molar-refractivity contribution in [3.63, 3.8) is 0 Å². The normalized spacial score (nSPS) is 50.3. The number of nitrogens with two attached hydrogens (primary N) is 1. The Balaban J connectivity index is 0.950. The van der Waals surface area contributed by atoms with Gasteiger partial charge >= 0.3 is 0 Å². The SMILES string of the molecule is NC/C=C\CC1C=CC(C2C3C(C4C=CC([C@@H]5C=CC(C6CCNC6)CC5)CC4)[C@H]23)N1. The lowest BCUT2D eigenvalue weighted by Crippen LogP contribution is -2.35. The molecule has 0 spiro atoms. The molecule has 0 aromatic carbocycles. The van der Waals surface area contributed by atoms with Gasteiger partial charge in [0.05, 0.1) is 0 Å². The lowest BCUT2D eigenvalue weighted by atomic mass is 9.72. The molecule has 0 bridgehead atoms. The molecule has 31 heavy (non-hydrogen) atoms. The molecule has 4 N–H and O–H groups in total. The fourth-order valence-electron chi connectivity index (χ4n) is 7.72. The molecule has 1 saturated heterocycles. The van der Waals surface area contributed by atoms with Crippen molar-refractivity contribution in [3.8, 4) is 0 Å². The zero-order valence-electron chi connectivity index (χ0n) is 18.9. The van der Waals surface area contributed by atoms with Crippen molar-refractivity contribution in [2.75, 3.05) is 19.6 Å². The van der Waals surface area contributed by atoms with Crippen LogP contribution in [-0.4, -0.2) is 31.7 Å². The summed E-state index contributed by atoms with van der Waals surface area (Å²) in [5, 5.41) is 7.38. The molecule has 0 radical (unpaired) electrons. The van der Waals surface area contributed by atoms with E-state index in [-0.39, 0.29) is 0 Å². The highest BCUT2D eigenvalue weighted by atomic mass is 15.0. The molecule has 11 atom stereocenters. The van der Waals surface area contributed by atoms with E-state index in [1.54, 1.807) is 0 Å². The Morgan fingerprint density at radius 1 is 0.710 bits per heavy atom. The molecular formula is C28H41N3. The van der Waals surface area contributed by atoms with Crippen molar-refractivity contribution >= 4 is 0 Å². The van der Waals surface area contributed by atoms with Gasteiger partial charge in [0.2, 0.25) is 0 Å². The first-order valence-corrected chi connectivity index (χ1v) is 13.2. The van der Waals surface area contributed by atoms with Crippen LogP contribution in [0.25, 0.3) is 0 Å². The second-order valence-corrected chi connectivity index (χ2v) is 11.3. The minimum atomic E-state index is 0.523. The molecule has 168 valence electrons. The van der Waals surface area contributed by atoms with Crippen LogP contribution in [0.1, 0.15) is 38.5 Å². The maximum Gasteiger partial charge on any atom is 0.0290 e. The number of rotatable bonds is 7. The summed E-state index contributed by atoms with van der Waals surface area (Å²) in [6.45, 7) is 3.13. The van der Waals surface area contributed by atoms with Crippen molar-refractivity contribution in [2.24, 2.45) is 59.0 Å². The standard InChI is InChI=1S/C28H41N3/c29-15-2-1-3-23-12-13-24(31-23)26-27-25(28(26)27)21-10-8-19(9-11-21)18-4-6-20(7-5-18)22-14-16-30-17-22/h1-2,4,6,8,10,12-13,18-28,30-31H,3,5,7,9,11,14-17,29H2/b2-1-/t18-,19?,20?,21?,22?,23?,24?,25?,26?,27-,28?/m1/s1. The smallest absolute Gasteiger partial charge is 0.0290 e. The van der Waals surface area contributed by atoms with Gasteiger partial charge in [-0.05, 0) is 105 Å². The summed E-state index contributed by atoms with van der Waals surface area (Å²) in [7, 11) is 0. The van der Waals surface area contributed by atoms with Gasteiger partial charge in [-0.15, -0.1) is 0 Å². The van der Waals surface area contributed by atoms with Gasteiger partial charge in [-0.25, -0.2) is 0 Å². The van der Waals surface area contributed by atoms with E-state index in [4.69, 9.17) is 5.73 Å². The summed E-state index contributed by atoms with van der Waals surface area (Å²) in [4.78, 5) is 0. The predicted octanol–water partition coefficient (Wildman–Crippen LogP) is 4.05. The largest absolute Gasteiger partial charge is 0.327 e. The Morgan fingerprint density at radius 3 is 2.06 bits per heavy atom. The van der Waals surface area contributed by atoms with Crippen molar-refractivity contribution in [2.45, 2.75) is 50.6 Å². The number of fused-ring (bicyclic) bond motifs is 1. The van der Waals surface area contributed by atoms with Crippen LogP contribution >= 0.6 is 0 Å². The summed E-state index contributed by atoms with van der Waals surface area (Å²) in [6, 6.07) is 1.16. The molecule has 4 aliphatic carbocycles. The van der Waals surface area contributed by atoms with Crippen molar-refractivity contribution < 1.29 is 0 Å². The molecule has 6 aliphatic rings. The quantitative estimate of drug-likeness (QED) is 0.546. The minimum Gasteiger partial charge on any atom is -0.327 e. The summed E-state index contributed by atoms with van der Waals surface area (Å²) >= 11 is 0. The molecule has 3 heteroatoms. The average molecular weight is 420 g/mol. The van der Waals surface area contributed by atoms with Gasteiger partial charge in [-0.3, -0.25) is 0 Å².